The van der Waals surface area contributed by atoms with Gasteiger partial charge in [0.15, 0.2) is 0 Å². The Morgan fingerprint density at radius 3 is 2.23 bits per heavy atom. The van der Waals surface area contributed by atoms with Crippen molar-refractivity contribution in [3.05, 3.63) is 29.8 Å². The van der Waals surface area contributed by atoms with Gasteiger partial charge in [-0.05, 0) is 24.3 Å². The van der Waals surface area contributed by atoms with E-state index in [4.69, 9.17) is 10.00 Å². The maximum atomic E-state index is 12.7. The standard InChI is InChI=1S/C9H7F2NO/c1-13-8-4-2-7(3-5-8)9(10,11)6-12/h2-5H,1H3. The fraction of sp³-hybridized carbons (Fsp3) is 0.222. The third kappa shape index (κ3) is 1.94. The maximum absolute atomic E-state index is 12.7. The van der Waals surface area contributed by atoms with Gasteiger partial charge in [0.2, 0.25) is 0 Å². The van der Waals surface area contributed by atoms with E-state index in [1.807, 2.05) is 0 Å². The van der Waals surface area contributed by atoms with Gasteiger partial charge in [0, 0.05) is 5.56 Å². The van der Waals surface area contributed by atoms with Gasteiger partial charge in [-0.3, -0.25) is 0 Å². The number of rotatable bonds is 2. The number of methoxy groups -OCH3 is 1. The molecular weight excluding hydrogens is 176 g/mol. The average Bonchev–Trinajstić information content (AvgIpc) is 2.18. The van der Waals surface area contributed by atoms with Gasteiger partial charge in [0.05, 0.1) is 7.11 Å². The van der Waals surface area contributed by atoms with Crippen LogP contribution in [0.3, 0.4) is 0 Å². The molecule has 0 aromatic heterocycles. The van der Waals surface area contributed by atoms with Crippen LogP contribution >= 0.6 is 0 Å². The van der Waals surface area contributed by atoms with Crippen molar-refractivity contribution < 1.29 is 13.5 Å². The number of ether oxygens (including phenoxy) is 1. The molecule has 0 aliphatic rings. The Bertz CT molecular complexity index is 326. The van der Waals surface area contributed by atoms with Crippen LogP contribution < -0.4 is 4.74 Å². The van der Waals surface area contributed by atoms with Gasteiger partial charge >= 0.3 is 5.92 Å². The van der Waals surface area contributed by atoms with Crippen molar-refractivity contribution in [2.75, 3.05) is 7.11 Å². The van der Waals surface area contributed by atoms with Crippen LogP contribution in [-0.4, -0.2) is 7.11 Å². The lowest BCUT2D eigenvalue weighted by molar-refractivity contribution is 0.0612. The molecule has 0 heterocycles. The molecule has 1 aromatic rings. The first-order valence-corrected chi connectivity index (χ1v) is 3.54. The average molecular weight is 183 g/mol. The first kappa shape index (κ1) is 9.46. The van der Waals surface area contributed by atoms with E-state index in [-0.39, 0.29) is 5.56 Å². The number of benzene rings is 1. The molecular formula is C9H7F2NO. The van der Waals surface area contributed by atoms with E-state index in [2.05, 4.69) is 0 Å². The highest BCUT2D eigenvalue weighted by atomic mass is 19.3. The first-order valence-electron chi connectivity index (χ1n) is 3.54. The Labute approximate surface area is 74.4 Å². The van der Waals surface area contributed by atoms with Gasteiger partial charge in [-0.25, -0.2) is 0 Å². The summed E-state index contributed by atoms with van der Waals surface area (Å²) in [4.78, 5) is 0. The van der Waals surface area contributed by atoms with Crippen LogP contribution in [0.4, 0.5) is 8.78 Å². The maximum Gasteiger partial charge on any atom is 0.357 e. The molecule has 0 radical (unpaired) electrons. The van der Waals surface area contributed by atoms with E-state index >= 15 is 0 Å². The highest BCUT2D eigenvalue weighted by Crippen LogP contribution is 2.27. The Morgan fingerprint density at radius 1 is 1.31 bits per heavy atom. The van der Waals surface area contributed by atoms with Gasteiger partial charge in [-0.2, -0.15) is 14.0 Å². The second-order valence-corrected chi connectivity index (χ2v) is 2.41. The van der Waals surface area contributed by atoms with Crippen molar-refractivity contribution in [1.82, 2.24) is 0 Å². The highest BCUT2D eigenvalue weighted by Gasteiger charge is 2.30. The Balaban J connectivity index is 3.00. The third-order valence-electron chi connectivity index (χ3n) is 1.59. The normalized spacial score (nSPS) is 10.6. The fourth-order valence-corrected chi connectivity index (χ4v) is 0.865. The smallest absolute Gasteiger partial charge is 0.357 e. The molecule has 0 spiro atoms. The largest absolute Gasteiger partial charge is 0.497 e. The summed E-state index contributed by atoms with van der Waals surface area (Å²) in [7, 11) is 1.44. The second kappa shape index (κ2) is 3.40. The molecule has 0 aliphatic heterocycles. The number of hydrogen-bond donors (Lipinski definition) is 0. The minimum absolute atomic E-state index is 0.323. The molecule has 1 aromatic carbocycles. The Morgan fingerprint density at radius 2 is 1.85 bits per heavy atom. The van der Waals surface area contributed by atoms with Crippen LogP contribution in [0.25, 0.3) is 0 Å². The van der Waals surface area contributed by atoms with E-state index in [0.29, 0.717) is 5.75 Å². The summed E-state index contributed by atoms with van der Waals surface area (Å²) in [6.07, 6.45) is 0. The van der Waals surface area contributed by atoms with E-state index in [9.17, 15) is 8.78 Å². The predicted octanol–water partition coefficient (Wildman–Crippen LogP) is 2.31. The molecule has 0 bridgehead atoms. The zero-order chi connectivity index (χ0) is 9.90. The lowest BCUT2D eigenvalue weighted by Crippen LogP contribution is -2.09. The SMILES string of the molecule is COc1ccc(C(F)(F)C#N)cc1. The van der Waals surface area contributed by atoms with Crippen molar-refractivity contribution in [2.24, 2.45) is 0 Å². The number of halogens is 2. The molecule has 0 saturated carbocycles. The van der Waals surface area contributed by atoms with Crippen LogP contribution in [0.2, 0.25) is 0 Å². The molecule has 0 aliphatic carbocycles. The van der Waals surface area contributed by atoms with E-state index in [0.717, 1.165) is 6.07 Å². The molecule has 0 amide bonds. The first-order chi connectivity index (χ1) is 6.10. The van der Waals surface area contributed by atoms with E-state index in [1.165, 1.54) is 31.4 Å². The van der Waals surface area contributed by atoms with Crippen molar-refractivity contribution in [1.29, 1.82) is 5.26 Å². The highest BCUT2D eigenvalue weighted by molar-refractivity contribution is 5.32. The Kier molecular flexibility index (Phi) is 2.47. The van der Waals surface area contributed by atoms with Crippen molar-refractivity contribution in [3.63, 3.8) is 0 Å². The molecule has 68 valence electrons. The molecule has 0 N–H and O–H groups in total. The van der Waals surface area contributed by atoms with Crippen LogP contribution in [0, 0.1) is 11.3 Å². The summed E-state index contributed by atoms with van der Waals surface area (Å²) in [5.74, 6) is -2.94. The summed E-state index contributed by atoms with van der Waals surface area (Å²) in [6.45, 7) is 0. The lowest BCUT2D eigenvalue weighted by Gasteiger charge is -2.07. The predicted molar refractivity (Wildman–Crippen MR) is 42.5 cm³/mol. The zero-order valence-corrected chi connectivity index (χ0v) is 6.92. The number of hydrogen-bond acceptors (Lipinski definition) is 2. The molecule has 1 rings (SSSR count). The summed E-state index contributed by atoms with van der Waals surface area (Å²) in [5.41, 5.74) is -0.323. The minimum Gasteiger partial charge on any atom is -0.497 e. The lowest BCUT2D eigenvalue weighted by atomic mass is 10.1. The van der Waals surface area contributed by atoms with E-state index in [1.54, 1.807) is 0 Å². The van der Waals surface area contributed by atoms with Crippen LogP contribution in [0.5, 0.6) is 5.75 Å². The molecule has 0 atom stereocenters. The molecule has 0 fully saturated rings. The number of nitrogens with zero attached hydrogens (tertiary/aromatic N) is 1. The molecule has 0 saturated heterocycles. The monoisotopic (exact) mass is 183 g/mol. The van der Waals surface area contributed by atoms with Gasteiger partial charge < -0.3 is 4.74 Å². The van der Waals surface area contributed by atoms with Gasteiger partial charge in [0.1, 0.15) is 11.8 Å². The fourth-order valence-electron chi connectivity index (χ4n) is 0.865. The third-order valence-corrected chi connectivity index (χ3v) is 1.59. The van der Waals surface area contributed by atoms with Gasteiger partial charge in [0.25, 0.3) is 0 Å². The van der Waals surface area contributed by atoms with Gasteiger partial charge in [-0.1, -0.05) is 0 Å². The summed E-state index contributed by atoms with van der Waals surface area (Å²) < 4.78 is 30.2. The quantitative estimate of drug-likeness (QED) is 0.704. The zero-order valence-electron chi connectivity index (χ0n) is 6.92. The van der Waals surface area contributed by atoms with Crippen molar-refractivity contribution in [2.45, 2.75) is 5.92 Å². The summed E-state index contributed by atoms with van der Waals surface area (Å²) >= 11 is 0. The van der Waals surface area contributed by atoms with Crippen LogP contribution in [0.1, 0.15) is 5.56 Å². The Hall–Kier alpha value is -1.63. The molecule has 13 heavy (non-hydrogen) atoms. The van der Waals surface area contributed by atoms with Crippen LogP contribution in [0.15, 0.2) is 24.3 Å². The number of alkyl halides is 2. The minimum atomic E-state index is -3.42. The summed E-state index contributed by atoms with van der Waals surface area (Å²) in [6, 6.07) is 6.04. The number of nitriles is 1. The van der Waals surface area contributed by atoms with Crippen molar-refractivity contribution >= 4 is 0 Å². The molecule has 4 heteroatoms. The summed E-state index contributed by atoms with van der Waals surface area (Å²) in [5, 5.41) is 8.14. The van der Waals surface area contributed by atoms with Crippen LogP contribution in [-0.2, 0) is 5.92 Å². The molecule has 0 unspecified atom stereocenters. The van der Waals surface area contributed by atoms with E-state index < -0.39 is 5.92 Å². The topological polar surface area (TPSA) is 33.0 Å². The second-order valence-electron chi connectivity index (χ2n) is 2.41. The van der Waals surface area contributed by atoms with Gasteiger partial charge in [-0.15, -0.1) is 0 Å². The van der Waals surface area contributed by atoms with Crippen molar-refractivity contribution in [3.8, 4) is 11.8 Å². The molecule has 2 nitrogen and oxygen atoms in total.